The molecule has 1 atom stereocenters. The number of amides is 2. The zero-order valence-corrected chi connectivity index (χ0v) is 16.8. The van der Waals surface area contributed by atoms with Crippen LogP contribution in [-0.4, -0.2) is 30.3 Å². The summed E-state index contributed by atoms with van der Waals surface area (Å²) in [7, 11) is 1.24. The molecule has 0 aliphatic heterocycles. The van der Waals surface area contributed by atoms with Gasteiger partial charge in [0.2, 0.25) is 5.91 Å². The molecule has 30 heavy (non-hydrogen) atoms. The minimum absolute atomic E-state index is 0.0428. The van der Waals surface area contributed by atoms with E-state index in [0.29, 0.717) is 11.4 Å². The number of hydrogen-bond donors (Lipinski definition) is 2. The number of alkyl halides is 3. The fraction of sp³-hybridized carbons (Fsp3) is 0.350. The van der Waals surface area contributed by atoms with Crippen molar-refractivity contribution in [3.05, 3.63) is 47.7 Å². The maximum Gasteiger partial charge on any atom is 0.573 e. The molecule has 2 rings (SSSR count). The third-order valence-corrected chi connectivity index (χ3v) is 4.06. The molecule has 0 aliphatic rings. The number of rotatable bonds is 7. The second-order valence-electron chi connectivity index (χ2n) is 6.72. The van der Waals surface area contributed by atoms with E-state index in [1.165, 1.54) is 19.4 Å². The summed E-state index contributed by atoms with van der Waals surface area (Å²) in [6.07, 6.45) is -3.36. The Bertz CT molecular complexity index is 916. The van der Waals surface area contributed by atoms with Gasteiger partial charge in [0.1, 0.15) is 17.3 Å². The zero-order chi connectivity index (χ0) is 22.5. The van der Waals surface area contributed by atoms with Crippen molar-refractivity contribution in [3.8, 4) is 11.5 Å². The molecule has 10 heteroatoms. The van der Waals surface area contributed by atoms with Gasteiger partial charge in [0.05, 0.1) is 18.7 Å². The third-order valence-electron chi connectivity index (χ3n) is 4.06. The van der Waals surface area contributed by atoms with Gasteiger partial charge in [0.25, 0.3) is 5.91 Å². The summed E-state index contributed by atoms with van der Waals surface area (Å²) in [5.74, 6) is -1.18. The van der Waals surface area contributed by atoms with E-state index in [2.05, 4.69) is 20.4 Å². The molecular formula is C20H22F3N3O4. The van der Waals surface area contributed by atoms with Gasteiger partial charge in [-0.2, -0.15) is 0 Å². The smallest absolute Gasteiger partial charge is 0.496 e. The van der Waals surface area contributed by atoms with Gasteiger partial charge in [0, 0.05) is 18.2 Å². The van der Waals surface area contributed by atoms with Gasteiger partial charge in [-0.05, 0) is 36.8 Å². The molecule has 1 heterocycles. The summed E-state index contributed by atoms with van der Waals surface area (Å²) in [6, 6.07) is 6.02. The lowest BCUT2D eigenvalue weighted by atomic mass is 10.1. The monoisotopic (exact) mass is 425 g/mol. The number of methoxy groups -OCH3 is 1. The van der Waals surface area contributed by atoms with E-state index in [1.807, 2.05) is 0 Å². The topological polar surface area (TPSA) is 89.6 Å². The van der Waals surface area contributed by atoms with Crippen molar-refractivity contribution in [1.29, 1.82) is 0 Å². The number of carbonyl (C=O) groups excluding carboxylic acids is 2. The van der Waals surface area contributed by atoms with Gasteiger partial charge in [-0.1, -0.05) is 13.8 Å². The third kappa shape index (κ3) is 6.36. The highest BCUT2D eigenvalue weighted by atomic mass is 19.4. The fourth-order valence-corrected chi connectivity index (χ4v) is 2.47. The van der Waals surface area contributed by atoms with Crippen LogP contribution in [0.5, 0.6) is 11.5 Å². The molecule has 0 saturated carbocycles. The molecule has 0 fully saturated rings. The van der Waals surface area contributed by atoms with Gasteiger partial charge in [0.15, 0.2) is 0 Å². The number of pyridine rings is 1. The number of aromatic nitrogens is 1. The standard InChI is InChI=1S/C20H22F3N3O4/c1-11(2)18(27)26-17-9-13(7-8-24-17)12(3)25-19(28)15-6-5-14(10-16(15)29-4)30-20(21,22)23/h5-12H,1-4H3,(H,25,28)(H,24,26,27). The summed E-state index contributed by atoms with van der Waals surface area (Å²) in [6.45, 7) is 5.22. The number of benzene rings is 1. The second kappa shape index (κ2) is 9.47. The second-order valence-corrected chi connectivity index (χ2v) is 6.72. The Morgan fingerprint density at radius 1 is 1.10 bits per heavy atom. The highest BCUT2D eigenvalue weighted by Gasteiger charge is 2.31. The van der Waals surface area contributed by atoms with Crippen LogP contribution >= 0.6 is 0 Å². The average Bonchev–Trinajstić information content (AvgIpc) is 2.66. The Morgan fingerprint density at radius 2 is 1.80 bits per heavy atom. The quantitative estimate of drug-likeness (QED) is 0.698. The van der Waals surface area contributed by atoms with Crippen molar-refractivity contribution in [1.82, 2.24) is 10.3 Å². The number of anilines is 1. The first kappa shape index (κ1) is 23.0. The first-order valence-electron chi connectivity index (χ1n) is 9.01. The van der Waals surface area contributed by atoms with Crippen LogP contribution in [0.1, 0.15) is 42.7 Å². The summed E-state index contributed by atoms with van der Waals surface area (Å²) in [5, 5.41) is 5.41. The summed E-state index contributed by atoms with van der Waals surface area (Å²) < 4.78 is 46.0. The van der Waals surface area contributed by atoms with E-state index < -0.39 is 24.1 Å². The fourth-order valence-electron chi connectivity index (χ4n) is 2.47. The molecule has 0 radical (unpaired) electrons. The maximum absolute atomic E-state index is 12.6. The van der Waals surface area contributed by atoms with E-state index in [4.69, 9.17) is 4.74 Å². The van der Waals surface area contributed by atoms with Gasteiger partial charge in [-0.25, -0.2) is 4.98 Å². The Morgan fingerprint density at radius 3 is 2.40 bits per heavy atom. The molecule has 0 aliphatic carbocycles. The Kier molecular flexibility index (Phi) is 7.25. The van der Waals surface area contributed by atoms with Crippen LogP contribution in [0.4, 0.5) is 19.0 Å². The molecule has 0 spiro atoms. The Balaban J connectivity index is 2.15. The number of hydrogen-bond acceptors (Lipinski definition) is 5. The van der Waals surface area contributed by atoms with Crippen molar-refractivity contribution in [2.24, 2.45) is 5.92 Å². The summed E-state index contributed by atoms with van der Waals surface area (Å²) in [4.78, 5) is 28.5. The highest BCUT2D eigenvalue weighted by molar-refractivity contribution is 5.97. The van der Waals surface area contributed by atoms with E-state index >= 15 is 0 Å². The van der Waals surface area contributed by atoms with Crippen LogP contribution in [0.25, 0.3) is 0 Å². The van der Waals surface area contributed by atoms with Crippen LogP contribution < -0.4 is 20.1 Å². The minimum atomic E-state index is -4.85. The van der Waals surface area contributed by atoms with Gasteiger partial charge in [-0.3, -0.25) is 9.59 Å². The van der Waals surface area contributed by atoms with E-state index in [-0.39, 0.29) is 23.1 Å². The SMILES string of the molecule is COc1cc(OC(F)(F)F)ccc1C(=O)NC(C)c1ccnc(NC(=O)C(C)C)c1. The molecule has 0 bridgehead atoms. The van der Waals surface area contributed by atoms with Crippen molar-refractivity contribution in [2.45, 2.75) is 33.2 Å². The van der Waals surface area contributed by atoms with Gasteiger partial charge >= 0.3 is 6.36 Å². The van der Waals surface area contributed by atoms with Crippen LogP contribution in [0.15, 0.2) is 36.5 Å². The first-order valence-corrected chi connectivity index (χ1v) is 9.01. The molecule has 162 valence electrons. The largest absolute Gasteiger partial charge is 0.573 e. The number of halogens is 3. The molecule has 2 aromatic rings. The predicted octanol–water partition coefficient (Wildman–Crippen LogP) is 4.07. The number of ether oxygens (including phenoxy) is 2. The van der Waals surface area contributed by atoms with E-state index in [0.717, 1.165) is 12.1 Å². The average molecular weight is 425 g/mol. The van der Waals surface area contributed by atoms with E-state index in [9.17, 15) is 22.8 Å². The molecule has 2 amide bonds. The molecule has 1 unspecified atom stereocenters. The molecule has 0 saturated heterocycles. The normalized spacial score (nSPS) is 12.3. The zero-order valence-electron chi connectivity index (χ0n) is 16.8. The van der Waals surface area contributed by atoms with Crippen molar-refractivity contribution in [2.75, 3.05) is 12.4 Å². The lowest BCUT2D eigenvalue weighted by molar-refractivity contribution is -0.274. The van der Waals surface area contributed by atoms with Crippen molar-refractivity contribution < 1.29 is 32.2 Å². The number of nitrogens with one attached hydrogen (secondary N) is 2. The predicted molar refractivity (Wildman–Crippen MR) is 103 cm³/mol. The van der Waals surface area contributed by atoms with Crippen LogP contribution in [0, 0.1) is 5.92 Å². The van der Waals surface area contributed by atoms with Crippen molar-refractivity contribution in [3.63, 3.8) is 0 Å². The Labute approximate surface area is 171 Å². The molecule has 2 N–H and O–H groups in total. The number of nitrogens with zero attached hydrogens (tertiary/aromatic N) is 1. The molecule has 1 aromatic carbocycles. The number of carbonyl (C=O) groups is 2. The van der Waals surface area contributed by atoms with Crippen molar-refractivity contribution >= 4 is 17.6 Å². The Hall–Kier alpha value is -3.30. The van der Waals surface area contributed by atoms with E-state index in [1.54, 1.807) is 32.9 Å². The van der Waals surface area contributed by atoms with Gasteiger partial charge < -0.3 is 20.1 Å². The summed E-state index contributed by atoms with van der Waals surface area (Å²) in [5.41, 5.74) is 0.717. The lowest BCUT2D eigenvalue weighted by Gasteiger charge is -2.17. The highest BCUT2D eigenvalue weighted by Crippen LogP contribution is 2.29. The maximum atomic E-state index is 12.6. The van der Waals surface area contributed by atoms with Crippen LogP contribution in [-0.2, 0) is 4.79 Å². The summed E-state index contributed by atoms with van der Waals surface area (Å²) >= 11 is 0. The first-order chi connectivity index (χ1) is 14.0. The van der Waals surface area contributed by atoms with Crippen LogP contribution in [0.2, 0.25) is 0 Å². The minimum Gasteiger partial charge on any atom is -0.496 e. The molecule has 1 aromatic heterocycles. The molecule has 7 nitrogen and oxygen atoms in total. The molecular weight excluding hydrogens is 403 g/mol. The van der Waals surface area contributed by atoms with Gasteiger partial charge in [-0.15, -0.1) is 13.2 Å². The van der Waals surface area contributed by atoms with Crippen LogP contribution in [0.3, 0.4) is 0 Å². The lowest BCUT2D eigenvalue weighted by Crippen LogP contribution is -2.27.